The summed E-state index contributed by atoms with van der Waals surface area (Å²) in [6.45, 7) is 1.96. The molecule has 0 radical (unpaired) electrons. The quantitative estimate of drug-likeness (QED) is 0.802. The molecule has 1 unspecified atom stereocenters. The van der Waals surface area contributed by atoms with Crippen LogP contribution >= 0.6 is 0 Å². The van der Waals surface area contributed by atoms with Gasteiger partial charge in [0, 0.05) is 17.8 Å². The lowest BCUT2D eigenvalue weighted by Crippen LogP contribution is -2.24. The maximum atomic E-state index is 12.3. The number of rotatable bonds is 3. The SMILES string of the molecule is CC(C(=O)Oc1cncc2cccnc12)C1CCCC1. The Bertz CT molecular complexity index is 615. The number of nitrogens with zero attached hydrogens (tertiary/aromatic N) is 2. The lowest BCUT2D eigenvalue weighted by Gasteiger charge is -2.17. The van der Waals surface area contributed by atoms with Crippen LogP contribution in [0.4, 0.5) is 0 Å². The first-order valence-electron chi connectivity index (χ1n) is 7.16. The van der Waals surface area contributed by atoms with Gasteiger partial charge >= 0.3 is 5.97 Å². The maximum Gasteiger partial charge on any atom is 0.314 e. The molecule has 2 aromatic heterocycles. The highest BCUT2D eigenvalue weighted by molar-refractivity contribution is 5.86. The largest absolute Gasteiger partial charge is 0.422 e. The standard InChI is InChI=1S/C16H18N2O2/c1-11(12-5-2-3-6-12)16(19)20-14-10-17-9-13-7-4-8-18-15(13)14/h4,7-12H,2-3,5-6H2,1H3. The smallest absolute Gasteiger partial charge is 0.314 e. The van der Waals surface area contributed by atoms with Crippen LogP contribution in [0.15, 0.2) is 30.7 Å². The van der Waals surface area contributed by atoms with Crippen molar-refractivity contribution in [3.8, 4) is 5.75 Å². The average molecular weight is 270 g/mol. The highest BCUT2D eigenvalue weighted by atomic mass is 16.5. The van der Waals surface area contributed by atoms with Gasteiger partial charge in [-0.2, -0.15) is 0 Å². The second-order valence-corrected chi connectivity index (χ2v) is 5.47. The van der Waals surface area contributed by atoms with Crippen LogP contribution < -0.4 is 4.74 Å². The Labute approximate surface area is 118 Å². The Hall–Kier alpha value is -1.97. The Kier molecular flexibility index (Phi) is 3.63. The normalized spacial score (nSPS) is 17.2. The average Bonchev–Trinajstić information content (AvgIpc) is 3.01. The van der Waals surface area contributed by atoms with Crippen molar-refractivity contribution < 1.29 is 9.53 Å². The summed E-state index contributed by atoms with van der Waals surface area (Å²) in [7, 11) is 0. The number of ether oxygens (including phenoxy) is 1. The predicted octanol–water partition coefficient (Wildman–Crippen LogP) is 3.36. The topological polar surface area (TPSA) is 52.1 Å². The summed E-state index contributed by atoms with van der Waals surface area (Å²) in [5.74, 6) is 0.685. The van der Waals surface area contributed by atoms with Gasteiger partial charge in [0.25, 0.3) is 0 Å². The predicted molar refractivity (Wildman–Crippen MR) is 76.3 cm³/mol. The molecule has 0 bridgehead atoms. The molecule has 0 amide bonds. The van der Waals surface area contributed by atoms with Crippen molar-refractivity contribution in [2.75, 3.05) is 0 Å². The second kappa shape index (κ2) is 5.57. The van der Waals surface area contributed by atoms with E-state index in [1.807, 2.05) is 19.1 Å². The number of hydrogen-bond acceptors (Lipinski definition) is 4. The fourth-order valence-corrected chi connectivity index (χ4v) is 2.90. The molecule has 1 aliphatic rings. The van der Waals surface area contributed by atoms with Gasteiger partial charge in [0.1, 0.15) is 5.52 Å². The van der Waals surface area contributed by atoms with Crippen LogP contribution in [0.3, 0.4) is 0 Å². The third-order valence-corrected chi connectivity index (χ3v) is 4.17. The first-order valence-corrected chi connectivity index (χ1v) is 7.16. The molecular weight excluding hydrogens is 252 g/mol. The molecule has 1 fully saturated rings. The molecule has 4 heteroatoms. The third kappa shape index (κ3) is 2.50. The van der Waals surface area contributed by atoms with Crippen molar-refractivity contribution in [3.63, 3.8) is 0 Å². The molecule has 0 aromatic carbocycles. The Morgan fingerprint density at radius 1 is 1.35 bits per heavy atom. The number of hydrogen-bond donors (Lipinski definition) is 0. The van der Waals surface area contributed by atoms with E-state index in [0.717, 1.165) is 18.2 Å². The third-order valence-electron chi connectivity index (χ3n) is 4.17. The molecule has 4 nitrogen and oxygen atoms in total. The van der Waals surface area contributed by atoms with Crippen molar-refractivity contribution in [2.24, 2.45) is 11.8 Å². The highest BCUT2D eigenvalue weighted by Gasteiger charge is 2.28. The summed E-state index contributed by atoms with van der Waals surface area (Å²) in [5.41, 5.74) is 0.689. The number of carbonyl (C=O) groups is 1. The summed E-state index contributed by atoms with van der Waals surface area (Å²) >= 11 is 0. The van der Waals surface area contributed by atoms with Crippen molar-refractivity contribution in [1.82, 2.24) is 9.97 Å². The van der Waals surface area contributed by atoms with Gasteiger partial charge in [0.2, 0.25) is 0 Å². The first kappa shape index (κ1) is 13.0. The van der Waals surface area contributed by atoms with Crippen LogP contribution in [0, 0.1) is 11.8 Å². The van der Waals surface area contributed by atoms with E-state index in [4.69, 9.17) is 4.74 Å². The summed E-state index contributed by atoms with van der Waals surface area (Å²) in [5, 5.41) is 0.881. The van der Waals surface area contributed by atoms with Crippen LogP contribution in [0.1, 0.15) is 32.6 Å². The van der Waals surface area contributed by atoms with Crippen molar-refractivity contribution in [1.29, 1.82) is 0 Å². The maximum absolute atomic E-state index is 12.3. The van der Waals surface area contributed by atoms with Gasteiger partial charge in [-0.15, -0.1) is 0 Å². The Morgan fingerprint density at radius 3 is 2.95 bits per heavy atom. The number of pyridine rings is 2. The molecule has 1 saturated carbocycles. The molecule has 2 aromatic rings. The number of aromatic nitrogens is 2. The summed E-state index contributed by atoms with van der Waals surface area (Å²) in [4.78, 5) is 20.6. The lowest BCUT2D eigenvalue weighted by atomic mass is 9.93. The zero-order valence-electron chi connectivity index (χ0n) is 11.6. The van der Waals surface area contributed by atoms with Crippen LogP contribution in [-0.4, -0.2) is 15.9 Å². The number of carbonyl (C=O) groups excluding carboxylic acids is 1. The van der Waals surface area contributed by atoms with Crippen LogP contribution in [0.5, 0.6) is 5.75 Å². The molecule has 3 rings (SSSR count). The van der Waals surface area contributed by atoms with E-state index in [1.54, 1.807) is 18.6 Å². The zero-order chi connectivity index (χ0) is 13.9. The first-order chi connectivity index (χ1) is 9.75. The van der Waals surface area contributed by atoms with E-state index in [2.05, 4.69) is 9.97 Å². The molecule has 1 aliphatic carbocycles. The van der Waals surface area contributed by atoms with E-state index in [1.165, 1.54) is 12.8 Å². The van der Waals surface area contributed by atoms with Crippen LogP contribution in [-0.2, 0) is 4.79 Å². The van der Waals surface area contributed by atoms with Crippen LogP contribution in [0.25, 0.3) is 10.9 Å². The van der Waals surface area contributed by atoms with Gasteiger partial charge in [-0.25, -0.2) is 0 Å². The highest BCUT2D eigenvalue weighted by Crippen LogP contribution is 2.32. The molecule has 0 spiro atoms. The molecule has 0 N–H and O–H groups in total. The second-order valence-electron chi connectivity index (χ2n) is 5.47. The van der Waals surface area contributed by atoms with E-state index >= 15 is 0 Å². The number of esters is 1. The lowest BCUT2D eigenvalue weighted by molar-refractivity contribution is -0.140. The minimum absolute atomic E-state index is 0.0588. The van der Waals surface area contributed by atoms with Gasteiger partial charge in [-0.3, -0.25) is 14.8 Å². The molecule has 1 atom stereocenters. The minimum atomic E-state index is -0.170. The van der Waals surface area contributed by atoms with E-state index in [0.29, 0.717) is 17.2 Å². The van der Waals surface area contributed by atoms with Gasteiger partial charge in [0.05, 0.1) is 12.1 Å². The Balaban J connectivity index is 1.80. The molecule has 104 valence electrons. The van der Waals surface area contributed by atoms with E-state index in [-0.39, 0.29) is 11.9 Å². The van der Waals surface area contributed by atoms with Crippen molar-refractivity contribution in [2.45, 2.75) is 32.6 Å². The summed E-state index contributed by atoms with van der Waals surface area (Å²) < 4.78 is 5.54. The summed E-state index contributed by atoms with van der Waals surface area (Å²) in [6, 6.07) is 3.75. The molecule has 0 saturated heterocycles. The Morgan fingerprint density at radius 2 is 2.15 bits per heavy atom. The fourth-order valence-electron chi connectivity index (χ4n) is 2.90. The number of fused-ring (bicyclic) bond motifs is 1. The zero-order valence-corrected chi connectivity index (χ0v) is 11.6. The molecule has 20 heavy (non-hydrogen) atoms. The van der Waals surface area contributed by atoms with Gasteiger partial charge < -0.3 is 4.74 Å². The van der Waals surface area contributed by atoms with E-state index in [9.17, 15) is 4.79 Å². The fraction of sp³-hybridized carbons (Fsp3) is 0.438. The summed E-state index contributed by atoms with van der Waals surface area (Å²) in [6.07, 6.45) is 9.68. The van der Waals surface area contributed by atoms with E-state index < -0.39 is 0 Å². The molecule has 0 aliphatic heterocycles. The van der Waals surface area contributed by atoms with Gasteiger partial charge in [0.15, 0.2) is 5.75 Å². The minimum Gasteiger partial charge on any atom is -0.422 e. The van der Waals surface area contributed by atoms with Crippen molar-refractivity contribution >= 4 is 16.9 Å². The van der Waals surface area contributed by atoms with Gasteiger partial charge in [-0.05, 0) is 30.9 Å². The molecule has 2 heterocycles. The molecular formula is C16H18N2O2. The monoisotopic (exact) mass is 270 g/mol. The van der Waals surface area contributed by atoms with Gasteiger partial charge in [-0.1, -0.05) is 19.8 Å². The van der Waals surface area contributed by atoms with Crippen LogP contribution in [0.2, 0.25) is 0 Å². The van der Waals surface area contributed by atoms with Crippen molar-refractivity contribution in [3.05, 3.63) is 30.7 Å².